The van der Waals surface area contributed by atoms with Crippen molar-refractivity contribution in [2.75, 3.05) is 46.6 Å². The number of likely N-dealkylation sites (N-methyl/N-ethyl adjacent to an activating group) is 1. The van der Waals surface area contributed by atoms with E-state index in [0.29, 0.717) is 19.6 Å². The summed E-state index contributed by atoms with van der Waals surface area (Å²) in [6.07, 6.45) is 1.17. The van der Waals surface area contributed by atoms with Crippen molar-refractivity contribution in [2.45, 2.75) is 17.5 Å². The Morgan fingerprint density at radius 3 is 2.36 bits per heavy atom. The van der Waals surface area contributed by atoms with Gasteiger partial charge < -0.3 is 14.9 Å². The first-order valence-electron chi connectivity index (χ1n) is 8.28. The number of aliphatic hydroxyl groups is 1. The Hall–Kier alpha value is -1.48. The summed E-state index contributed by atoms with van der Waals surface area (Å²) < 4.78 is 26.1. The number of amides is 1. The highest BCUT2D eigenvalue weighted by Crippen LogP contribution is 2.54. The van der Waals surface area contributed by atoms with Crippen molar-refractivity contribution in [3.05, 3.63) is 35.9 Å². The first-order valence-corrected chi connectivity index (χ1v) is 10.1. The number of carbonyl (C=O) groups excluding carboxylic acids is 1. The van der Waals surface area contributed by atoms with Crippen LogP contribution in [-0.2, 0) is 14.8 Å². The number of aliphatic hydroxyl groups excluding tert-OH is 1. The second kappa shape index (κ2) is 6.35. The zero-order chi connectivity index (χ0) is 18.4. The molecule has 2 aliphatic rings. The van der Waals surface area contributed by atoms with E-state index in [1.165, 1.54) is 10.6 Å². The molecular weight excluding hydrogens is 342 g/mol. The van der Waals surface area contributed by atoms with Crippen LogP contribution in [0.25, 0.3) is 0 Å². The number of rotatable bonds is 5. The second-order valence-corrected chi connectivity index (χ2v) is 9.15. The molecule has 0 aliphatic carbocycles. The van der Waals surface area contributed by atoms with Gasteiger partial charge in [0.15, 0.2) is 0 Å². The monoisotopic (exact) mass is 367 g/mol. The van der Waals surface area contributed by atoms with Crippen LogP contribution in [-0.4, -0.2) is 91.7 Å². The largest absolute Gasteiger partial charge is 0.395 e. The minimum Gasteiger partial charge on any atom is -0.395 e. The average molecular weight is 367 g/mol. The maximum absolute atomic E-state index is 12.3. The summed E-state index contributed by atoms with van der Waals surface area (Å²) in [6, 6.07) is 9.16. The Kier molecular flexibility index (Phi) is 4.65. The molecule has 2 aliphatic heterocycles. The molecule has 1 N–H and O–H groups in total. The van der Waals surface area contributed by atoms with E-state index in [9.17, 15) is 18.3 Å². The molecule has 0 unspecified atom stereocenters. The third-order valence-corrected chi connectivity index (χ3v) is 6.49. The van der Waals surface area contributed by atoms with Gasteiger partial charge in [0.1, 0.15) is 0 Å². The van der Waals surface area contributed by atoms with Gasteiger partial charge in [-0.15, -0.1) is 0 Å². The second-order valence-electron chi connectivity index (χ2n) is 7.29. The molecule has 2 atom stereocenters. The fraction of sp³-hybridized carbons (Fsp3) is 0.588. The molecule has 7 nitrogen and oxygen atoms in total. The first kappa shape index (κ1) is 18.3. The molecule has 1 aromatic rings. The van der Waals surface area contributed by atoms with Crippen LogP contribution in [0.1, 0.15) is 11.5 Å². The Labute approximate surface area is 148 Å². The Morgan fingerprint density at radius 1 is 1.28 bits per heavy atom. The molecule has 1 amide bonds. The van der Waals surface area contributed by atoms with Gasteiger partial charge in [-0.3, -0.25) is 4.79 Å². The minimum absolute atomic E-state index is 0.0108. The van der Waals surface area contributed by atoms with E-state index in [-0.39, 0.29) is 18.4 Å². The van der Waals surface area contributed by atoms with Crippen LogP contribution in [0.2, 0.25) is 0 Å². The molecule has 0 aromatic heterocycles. The maximum atomic E-state index is 12.3. The van der Waals surface area contributed by atoms with Gasteiger partial charge in [0.2, 0.25) is 15.9 Å². The quantitative estimate of drug-likeness (QED) is 0.762. The summed E-state index contributed by atoms with van der Waals surface area (Å²) in [7, 11) is 0.171. The van der Waals surface area contributed by atoms with E-state index in [4.69, 9.17) is 0 Å². The standard InChI is InChI=1S/C17H25N3O4S/c1-18(2)9-15(22)19-11-17(12-19)16(13-7-5-4-6-8-13)14(10-21)20(17)25(3,23)24/h4-8,14,16,21H,9-12H2,1-3H3/t14-,16+/m1/s1. The van der Waals surface area contributed by atoms with Gasteiger partial charge in [-0.05, 0) is 19.7 Å². The summed E-state index contributed by atoms with van der Waals surface area (Å²) in [4.78, 5) is 15.8. The predicted molar refractivity (Wildman–Crippen MR) is 94.6 cm³/mol. The van der Waals surface area contributed by atoms with Gasteiger partial charge in [-0.25, -0.2) is 8.42 Å². The summed E-state index contributed by atoms with van der Waals surface area (Å²) in [5, 5.41) is 9.80. The van der Waals surface area contributed by atoms with Crippen molar-refractivity contribution in [3.63, 3.8) is 0 Å². The molecule has 2 fully saturated rings. The lowest BCUT2D eigenvalue weighted by Gasteiger charge is -2.69. The molecular formula is C17H25N3O4S. The van der Waals surface area contributed by atoms with Crippen LogP contribution in [0, 0.1) is 0 Å². The number of benzene rings is 1. The van der Waals surface area contributed by atoms with Crippen LogP contribution in [0.3, 0.4) is 0 Å². The number of carbonyl (C=O) groups is 1. The van der Waals surface area contributed by atoms with Gasteiger partial charge in [-0.1, -0.05) is 30.3 Å². The third-order valence-electron chi connectivity index (χ3n) is 5.14. The zero-order valence-corrected chi connectivity index (χ0v) is 15.6. The lowest BCUT2D eigenvalue weighted by molar-refractivity contribution is -0.167. The SMILES string of the molecule is CN(C)CC(=O)N1CC2(C1)[C@@H](c1ccccc1)[C@@H](CO)N2S(C)(=O)=O. The summed E-state index contributed by atoms with van der Waals surface area (Å²) in [5.41, 5.74) is 0.353. The number of nitrogens with zero attached hydrogens (tertiary/aromatic N) is 3. The summed E-state index contributed by atoms with van der Waals surface area (Å²) in [5.74, 6) is -0.125. The fourth-order valence-electron chi connectivity index (χ4n) is 4.32. The van der Waals surface area contributed by atoms with Crippen LogP contribution < -0.4 is 0 Å². The fourth-order valence-corrected chi connectivity index (χ4v) is 5.89. The van der Waals surface area contributed by atoms with Gasteiger partial charge in [0, 0.05) is 19.0 Å². The van der Waals surface area contributed by atoms with E-state index < -0.39 is 21.6 Å². The molecule has 0 bridgehead atoms. The smallest absolute Gasteiger partial charge is 0.236 e. The van der Waals surface area contributed by atoms with Crippen molar-refractivity contribution in [3.8, 4) is 0 Å². The topological polar surface area (TPSA) is 81.2 Å². The molecule has 8 heteroatoms. The lowest BCUT2D eigenvalue weighted by Crippen LogP contribution is -2.85. The number of hydrogen-bond acceptors (Lipinski definition) is 5. The van der Waals surface area contributed by atoms with Crippen LogP contribution in [0.4, 0.5) is 0 Å². The summed E-state index contributed by atoms with van der Waals surface area (Å²) >= 11 is 0. The zero-order valence-electron chi connectivity index (χ0n) is 14.8. The van der Waals surface area contributed by atoms with Gasteiger partial charge in [0.25, 0.3) is 0 Å². The van der Waals surface area contributed by atoms with Crippen molar-refractivity contribution in [2.24, 2.45) is 0 Å². The molecule has 2 saturated heterocycles. The van der Waals surface area contributed by atoms with Gasteiger partial charge in [0.05, 0.1) is 31.0 Å². The highest BCUT2D eigenvalue weighted by Gasteiger charge is 2.69. The minimum atomic E-state index is -3.48. The lowest BCUT2D eigenvalue weighted by atomic mass is 9.63. The molecule has 138 valence electrons. The first-order chi connectivity index (χ1) is 11.7. The maximum Gasteiger partial charge on any atom is 0.236 e. The Morgan fingerprint density at radius 2 is 1.88 bits per heavy atom. The van der Waals surface area contributed by atoms with E-state index >= 15 is 0 Å². The van der Waals surface area contributed by atoms with Crippen molar-refractivity contribution < 1.29 is 18.3 Å². The highest BCUT2D eigenvalue weighted by molar-refractivity contribution is 7.88. The van der Waals surface area contributed by atoms with E-state index in [1.807, 2.05) is 44.4 Å². The van der Waals surface area contributed by atoms with Crippen molar-refractivity contribution in [1.82, 2.24) is 14.1 Å². The van der Waals surface area contributed by atoms with Crippen LogP contribution in [0.15, 0.2) is 30.3 Å². The highest BCUT2D eigenvalue weighted by atomic mass is 32.2. The molecule has 25 heavy (non-hydrogen) atoms. The van der Waals surface area contributed by atoms with Crippen molar-refractivity contribution >= 4 is 15.9 Å². The molecule has 1 aromatic carbocycles. The molecule has 1 spiro atoms. The molecule has 3 rings (SSSR count). The van der Waals surface area contributed by atoms with Crippen LogP contribution >= 0.6 is 0 Å². The average Bonchev–Trinajstić information content (AvgIpc) is 2.43. The summed E-state index contributed by atoms with van der Waals surface area (Å²) in [6.45, 7) is 0.792. The van der Waals surface area contributed by atoms with Gasteiger partial charge in [-0.2, -0.15) is 4.31 Å². The predicted octanol–water partition coefficient (Wildman–Crippen LogP) is -0.451. The molecule has 2 heterocycles. The number of sulfonamides is 1. The third kappa shape index (κ3) is 2.97. The molecule has 0 radical (unpaired) electrons. The van der Waals surface area contributed by atoms with Crippen LogP contribution in [0.5, 0.6) is 0 Å². The Balaban J connectivity index is 1.90. The normalized spacial score (nSPS) is 25.7. The van der Waals surface area contributed by atoms with Crippen molar-refractivity contribution in [1.29, 1.82) is 0 Å². The number of likely N-dealkylation sites (tertiary alicyclic amines) is 1. The van der Waals surface area contributed by atoms with E-state index in [2.05, 4.69) is 0 Å². The Bertz CT molecular complexity index is 744. The molecule has 0 saturated carbocycles. The van der Waals surface area contributed by atoms with E-state index in [0.717, 1.165) is 5.56 Å². The number of hydrogen-bond donors (Lipinski definition) is 1. The van der Waals surface area contributed by atoms with Gasteiger partial charge >= 0.3 is 0 Å². The van der Waals surface area contributed by atoms with E-state index in [1.54, 1.807) is 9.80 Å².